The molecule has 0 atom stereocenters. The van der Waals surface area contributed by atoms with Gasteiger partial charge in [-0.25, -0.2) is 9.18 Å². The summed E-state index contributed by atoms with van der Waals surface area (Å²) in [5.74, 6) is -0.865. The Bertz CT molecular complexity index is 1060. The third kappa shape index (κ3) is 4.29. The number of aromatic carboxylic acids is 1. The minimum atomic E-state index is -1.12. The molecule has 0 unspecified atom stereocenters. The largest absolute Gasteiger partial charge is 0.487 e. The van der Waals surface area contributed by atoms with Gasteiger partial charge in [0.05, 0.1) is 17.0 Å². The Kier molecular flexibility index (Phi) is 5.97. The highest BCUT2D eigenvalue weighted by molar-refractivity contribution is 5.91. The number of rotatable bonds is 6. The Morgan fingerprint density at radius 2 is 1.83 bits per heavy atom. The van der Waals surface area contributed by atoms with Crippen LogP contribution in [0, 0.1) is 19.7 Å². The second kappa shape index (κ2) is 8.43. The Morgan fingerprint density at radius 1 is 1.10 bits per heavy atom. The molecule has 4 nitrogen and oxygen atoms in total. The van der Waals surface area contributed by atoms with E-state index in [-0.39, 0.29) is 18.1 Å². The summed E-state index contributed by atoms with van der Waals surface area (Å²) in [4.78, 5) is 16.5. The maximum absolute atomic E-state index is 14.4. The zero-order valence-electron chi connectivity index (χ0n) is 17.0. The van der Waals surface area contributed by atoms with Crippen molar-refractivity contribution in [2.24, 2.45) is 0 Å². The van der Waals surface area contributed by atoms with Crippen molar-refractivity contribution in [3.8, 4) is 16.9 Å². The van der Waals surface area contributed by atoms with Crippen LogP contribution in [0.2, 0.25) is 0 Å². The molecular weight excluding hydrogens is 369 g/mol. The van der Waals surface area contributed by atoms with Gasteiger partial charge in [0.2, 0.25) is 0 Å². The average molecular weight is 393 g/mol. The predicted octanol–water partition coefficient (Wildman–Crippen LogP) is 5.91. The first-order valence-corrected chi connectivity index (χ1v) is 9.50. The van der Waals surface area contributed by atoms with E-state index in [1.807, 2.05) is 45.9 Å². The van der Waals surface area contributed by atoms with Crippen molar-refractivity contribution in [3.63, 3.8) is 0 Å². The molecule has 0 saturated carbocycles. The quantitative estimate of drug-likeness (QED) is 0.566. The van der Waals surface area contributed by atoms with Crippen LogP contribution in [0.1, 0.15) is 52.6 Å². The van der Waals surface area contributed by atoms with Crippen molar-refractivity contribution < 1.29 is 19.0 Å². The van der Waals surface area contributed by atoms with E-state index in [9.17, 15) is 14.3 Å². The monoisotopic (exact) mass is 393 g/mol. The number of benzene rings is 2. The minimum absolute atomic E-state index is 0.0120. The summed E-state index contributed by atoms with van der Waals surface area (Å²) < 4.78 is 20.3. The highest BCUT2D eigenvalue weighted by Gasteiger charge is 2.21. The number of carboxylic acids is 1. The van der Waals surface area contributed by atoms with E-state index in [1.54, 1.807) is 18.2 Å². The molecule has 1 heterocycles. The highest BCUT2D eigenvalue weighted by atomic mass is 19.1. The number of pyridine rings is 1. The molecule has 0 bridgehead atoms. The van der Waals surface area contributed by atoms with Crippen LogP contribution in [-0.2, 0) is 6.61 Å². The Morgan fingerprint density at radius 3 is 2.48 bits per heavy atom. The number of aryl methyl sites for hydroxylation is 1. The summed E-state index contributed by atoms with van der Waals surface area (Å²) in [6.07, 6.45) is 0. The van der Waals surface area contributed by atoms with E-state index in [2.05, 4.69) is 4.98 Å². The van der Waals surface area contributed by atoms with Crippen LogP contribution in [0.25, 0.3) is 11.1 Å². The molecule has 0 spiro atoms. The zero-order valence-corrected chi connectivity index (χ0v) is 17.0. The van der Waals surface area contributed by atoms with Crippen molar-refractivity contribution in [1.29, 1.82) is 0 Å². The topological polar surface area (TPSA) is 59.4 Å². The minimum Gasteiger partial charge on any atom is -0.487 e. The molecule has 0 aliphatic rings. The molecule has 0 saturated heterocycles. The molecule has 1 aromatic heterocycles. The molecule has 3 rings (SSSR count). The molecule has 1 N–H and O–H groups in total. The standard InChI is InChI=1S/C24H24FNO3/c1-14(2)23-18(17-9-5-6-10-20(17)25)12-19(24(27)28)21(26-23)13-29-22-11-7-8-15(3)16(22)4/h5-12,14H,13H2,1-4H3,(H,27,28). The van der Waals surface area contributed by atoms with Gasteiger partial charge in [0.25, 0.3) is 0 Å². The van der Waals surface area contributed by atoms with Crippen molar-refractivity contribution in [3.05, 3.63) is 82.4 Å². The van der Waals surface area contributed by atoms with Gasteiger partial charge in [0.1, 0.15) is 18.2 Å². The maximum Gasteiger partial charge on any atom is 0.337 e. The van der Waals surface area contributed by atoms with Gasteiger partial charge in [-0.05, 0) is 49.1 Å². The average Bonchev–Trinajstić information content (AvgIpc) is 2.68. The molecule has 2 aromatic carbocycles. The van der Waals surface area contributed by atoms with Crippen molar-refractivity contribution >= 4 is 5.97 Å². The second-order valence-electron chi connectivity index (χ2n) is 7.34. The summed E-state index contributed by atoms with van der Waals surface area (Å²) in [5.41, 5.74) is 3.89. The van der Waals surface area contributed by atoms with Crippen LogP contribution in [0.4, 0.5) is 4.39 Å². The van der Waals surface area contributed by atoms with Crippen LogP contribution in [0.5, 0.6) is 5.75 Å². The van der Waals surface area contributed by atoms with E-state index in [4.69, 9.17) is 4.74 Å². The fraction of sp³-hybridized carbons (Fsp3) is 0.250. The van der Waals surface area contributed by atoms with Gasteiger partial charge in [-0.1, -0.05) is 44.2 Å². The number of hydrogen-bond donors (Lipinski definition) is 1. The number of ether oxygens (including phenoxy) is 1. The van der Waals surface area contributed by atoms with E-state index in [1.165, 1.54) is 12.1 Å². The van der Waals surface area contributed by atoms with Crippen molar-refractivity contribution in [2.75, 3.05) is 0 Å². The SMILES string of the molecule is Cc1cccc(OCc2nc(C(C)C)c(-c3ccccc3F)cc2C(=O)O)c1C. The lowest BCUT2D eigenvalue weighted by Crippen LogP contribution is -2.12. The van der Waals surface area contributed by atoms with Crippen LogP contribution < -0.4 is 4.74 Å². The lowest BCUT2D eigenvalue weighted by Gasteiger charge is -2.18. The molecule has 5 heteroatoms. The van der Waals surface area contributed by atoms with Crippen LogP contribution >= 0.6 is 0 Å². The Balaban J connectivity index is 2.08. The number of carbonyl (C=O) groups is 1. The first-order valence-electron chi connectivity index (χ1n) is 9.50. The molecule has 0 radical (unpaired) electrons. The van der Waals surface area contributed by atoms with Crippen LogP contribution in [0.3, 0.4) is 0 Å². The lowest BCUT2D eigenvalue weighted by atomic mass is 9.94. The fourth-order valence-corrected chi connectivity index (χ4v) is 3.22. The molecule has 29 heavy (non-hydrogen) atoms. The van der Waals surface area contributed by atoms with Crippen molar-refractivity contribution in [1.82, 2.24) is 4.98 Å². The third-order valence-corrected chi connectivity index (χ3v) is 4.99. The van der Waals surface area contributed by atoms with Crippen molar-refractivity contribution in [2.45, 2.75) is 40.2 Å². The summed E-state index contributed by atoms with van der Waals surface area (Å²) in [6, 6.07) is 13.6. The molecule has 0 amide bonds. The summed E-state index contributed by atoms with van der Waals surface area (Å²) >= 11 is 0. The molecule has 150 valence electrons. The summed E-state index contributed by atoms with van der Waals surface area (Å²) in [7, 11) is 0. The van der Waals surface area contributed by atoms with Gasteiger partial charge in [-0.2, -0.15) is 0 Å². The normalized spacial score (nSPS) is 11.0. The summed E-state index contributed by atoms with van der Waals surface area (Å²) in [6.45, 7) is 7.86. The van der Waals surface area contributed by atoms with Gasteiger partial charge in [-0.3, -0.25) is 4.98 Å². The van der Waals surface area contributed by atoms with E-state index < -0.39 is 11.8 Å². The molecule has 3 aromatic rings. The smallest absolute Gasteiger partial charge is 0.337 e. The molecular formula is C24H24FNO3. The predicted molar refractivity (Wildman–Crippen MR) is 111 cm³/mol. The first kappa shape index (κ1) is 20.5. The van der Waals surface area contributed by atoms with E-state index in [0.29, 0.717) is 28.3 Å². The van der Waals surface area contributed by atoms with Gasteiger partial charge in [0.15, 0.2) is 0 Å². The number of aromatic nitrogens is 1. The van der Waals surface area contributed by atoms with E-state index >= 15 is 0 Å². The number of nitrogens with zero attached hydrogens (tertiary/aromatic N) is 1. The van der Waals surface area contributed by atoms with Gasteiger partial charge in [-0.15, -0.1) is 0 Å². The molecule has 0 aliphatic carbocycles. The Hall–Kier alpha value is -3.21. The number of halogens is 1. The van der Waals surface area contributed by atoms with Crippen LogP contribution in [0.15, 0.2) is 48.5 Å². The summed E-state index contributed by atoms with van der Waals surface area (Å²) in [5, 5.41) is 9.74. The second-order valence-corrected chi connectivity index (χ2v) is 7.34. The van der Waals surface area contributed by atoms with Crippen LogP contribution in [-0.4, -0.2) is 16.1 Å². The van der Waals surface area contributed by atoms with Gasteiger partial charge in [0, 0.05) is 11.1 Å². The molecule has 0 fully saturated rings. The molecule has 0 aliphatic heterocycles. The lowest BCUT2D eigenvalue weighted by molar-refractivity contribution is 0.0693. The Labute approximate surface area is 170 Å². The zero-order chi connectivity index (χ0) is 21.1. The van der Waals surface area contributed by atoms with Gasteiger partial charge < -0.3 is 9.84 Å². The maximum atomic E-state index is 14.4. The van der Waals surface area contributed by atoms with Gasteiger partial charge >= 0.3 is 5.97 Å². The fourth-order valence-electron chi connectivity index (χ4n) is 3.22. The third-order valence-electron chi connectivity index (χ3n) is 4.99. The number of hydrogen-bond acceptors (Lipinski definition) is 3. The number of carboxylic acid groups (broad SMARTS) is 1. The van der Waals surface area contributed by atoms with E-state index in [0.717, 1.165) is 11.1 Å². The first-order chi connectivity index (χ1) is 13.8. The highest BCUT2D eigenvalue weighted by Crippen LogP contribution is 2.32.